The number of nitrogens with zero attached hydrogens (tertiary/aromatic N) is 1. The van der Waals surface area contributed by atoms with Crippen molar-refractivity contribution in [2.75, 3.05) is 33.9 Å². The molecule has 2 heterocycles. The van der Waals surface area contributed by atoms with Crippen LogP contribution in [-0.4, -0.2) is 62.5 Å². The van der Waals surface area contributed by atoms with Crippen LogP contribution in [0, 0.1) is 11.8 Å². The van der Waals surface area contributed by atoms with Crippen molar-refractivity contribution in [3.63, 3.8) is 0 Å². The molecule has 3 rings (SSSR count). The van der Waals surface area contributed by atoms with E-state index in [1.54, 1.807) is 7.11 Å². The fraction of sp³-hybridized carbons (Fsp3) is 0.706. The minimum atomic E-state index is -0.481. The molecule has 5 heteroatoms. The molecule has 0 unspecified atom stereocenters. The van der Waals surface area contributed by atoms with Gasteiger partial charge in [-0.2, -0.15) is 0 Å². The van der Waals surface area contributed by atoms with Crippen LogP contribution in [0.1, 0.15) is 25.7 Å². The highest BCUT2D eigenvalue weighted by atomic mass is 16.6. The summed E-state index contributed by atoms with van der Waals surface area (Å²) in [6, 6.07) is 0. The van der Waals surface area contributed by atoms with E-state index in [4.69, 9.17) is 9.47 Å². The molecular formula is C17H23NO4. The van der Waals surface area contributed by atoms with E-state index < -0.39 is 5.97 Å². The zero-order chi connectivity index (χ0) is 15.6. The molecule has 0 aromatic heterocycles. The SMILES string of the molecule is COC(=O)C#C[C@]12C[C@@H](OC)CC=C1CCN2CC[C@@H]1CO1. The van der Waals surface area contributed by atoms with Crippen molar-refractivity contribution < 1.29 is 19.0 Å². The van der Waals surface area contributed by atoms with Gasteiger partial charge in [0.05, 0.1) is 25.9 Å². The molecule has 2 aliphatic heterocycles. The molecule has 0 aromatic carbocycles. The second kappa shape index (κ2) is 6.41. The van der Waals surface area contributed by atoms with Crippen molar-refractivity contribution in [2.45, 2.75) is 43.4 Å². The molecule has 2 fully saturated rings. The van der Waals surface area contributed by atoms with E-state index in [0.717, 1.165) is 45.4 Å². The lowest BCUT2D eigenvalue weighted by Gasteiger charge is -2.40. The predicted molar refractivity (Wildman–Crippen MR) is 81.2 cm³/mol. The summed E-state index contributed by atoms with van der Waals surface area (Å²) >= 11 is 0. The molecule has 0 bridgehead atoms. The van der Waals surface area contributed by atoms with Gasteiger partial charge in [0, 0.05) is 32.5 Å². The van der Waals surface area contributed by atoms with Crippen LogP contribution in [0.4, 0.5) is 0 Å². The van der Waals surface area contributed by atoms with E-state index in [2.05, 4.69) is 27.6 Å². The van der Waals surface area contributed by atoms with E-state index in [9.17, 15) is 4.79 Å². The molecule has 0 spiro atoms. The maximum absolute atomic E-state index is 11.5. The third kappa shape index (κ3) is 3.05. The van der Waals surface area contributed by atoms with Gasteiger partial charge in [-0.05, 0) is 24.8 Å². The molecule has 0 saturated carbocycles. The van der Waals surface area contributed by atoms with Gasteiger partial charge in [-0.15, -0.1) is 0 Å². The highest BCUT2D eigenvalue weighted by molar-refractivity contribution is 5.88. The molecule has 22 heavy (non-hydrogen) atoms. The van der Waals surface area contributed by atoms with Gasteiger partial charge in [0.2, 0.25) is 0 Å². The Bertz CT molecular complexity index is 529. The Hall–Kier alpha value is -1.35. The lowest BCUT2D eigenvalue weighted by molar-refractivity contribution is -0.133. The largest absolute Gasteiger partial charge is 0.459 e. The molecule has 0 radical (unpaired) electrons. The first-order valence-corrected chi connectivity index (χ1v) is 7.88. The fourth-order valence-corrected chi connectivity index (χ4v) is 3.51. The number of hydrogen-bond donors (Lipinski definition) is 0. The summed E-state index contributed by atoms with van der Waals surface area (Å²) in [4.78, 5) is 13.9. The monoisotopic (exact) mass is 305 g/mol. The molecule has 5 nitrogen and oxygen atoms in total. The second-order valence-electron chi connectivity index (χ2n) is 6.11. The number of carbonyl (C=O) groups excluding carboxylic acids is 1. The third-order valence-corrected chi connectivity index (χ3v) is 4.89. The molecular weight excluding hydrogens is 282 g/mol. The normalized spacial score (nSPS) is 33.5. The Morgan fingerprint density at radius 2 is 2.36 bits per heavy atom. The van der Waals surface area contributed by atoms with Gasteiger partial charge in [0.25, 0.3) is 0 Å². The predicted octanol–water partition coefficient (Wildman–Crippen LogP) is 1.13. The van der Waals surface area contributed by atoms with Crippen LogP contribution < -0.4 is 0 Å². The van der Waals surface area contributed by atoms with Crippen LogP contribution in [0.3, 0.4) is 0 Å². The van der Waals surface area contributed by atoms with Gasteiger partial charge in [0.1, 0.15) is 5.54 Å². The number of esters is 1. The summed E-state index contributed by atoms with van der Waals surface area (Å²) < 4.78 is 15.6. The Morgan fingerprint density at radius 1 is 1.55 bits per heavy atom. The number of epoxide rings is 1. The van der Waals surface area contributed by atoms with E-state index in [0.29, 0.717) is 6.10 Å². The lowest BCUT2D eigenvalue weighted by Crippen LogP contribution is -2.48. The van der Waals surface area contributed by atoms with E-state index in [-0.39, 0.29) is 11.6 Å². The topological polar surface area (TPSA) is 51.3 Å². The lowest BCUT2D eigenvalue weighted by atomic mass is 9.79. The van der Waals surface area contributed by atoms with E-state index >= 15 is 0 Å². The zero-order valence-corrected chi connectivity index (χ0v) is 13.3. The fourth-order valence-electron chi connectivity index (χ4n) is 3.51. The molecule has 3 atom stereocenters. The maximum Gasteiger partial charge on any atom is 0.384 e. The van der Waals surface area contributed by atoms with E-state index in [1.807, 2.05) is 0 Å². The van der Waals surface area contributed by atoms with Crippen molar-refractivity contribution >= 4 is 5.97 Å². The van der Waals surface area contributed by atoms with Gasteiger partial charge in [0.15, 0.2) is 0 Å². The average molecular weight is 305 g/mol. The van der Waals surface area contributed by atoms with Gasteiger partial charge >= 0.3 is 5.97 Å². The first-order chi connectivity index (χ1) is 10.7. The highest BCUT2D eigenvalue weighted by Gasteiger charge is 2.47. The molecule has 3 aliphatic rings. The number of rotatable bonds is 4. The Balaban J connectivity index is 1.85. The molecule has 0 amide bonds. The summed E-state index contributed by atoms with van der Waals surface area (Å²) in [5.74, 6) is 5.40. The highest BCUT2D eigenvalue weighted by Crippen LogP contribution is 2.42. The maximum atomic E-state index is 11.5. The first kappa shape index (κ1) is 15.5. The smallest absolute Gasteiger partial charge is 0.384 e. The average Bonchev–Trinajstić information content (AvgIpc) is 3.31. The minimum Gasteiger partial charge on any atom is -0.459 e. The summed E-state index contributed by atoms with van der Waals surface area (Å²) in [6.45, 7) is 2.79. The van der Waals surface area contributed by atoms with Crippen LogP contribution in [-0.2, 0) is 19.0 Å². The molecule has 0 aromatic rings. The number of fused-ring (bicyclic) bond motifs is 1. The van der Waals surface area contributed by atoms with Crippen LogP contribution in [0.15, 0.2) is 11.6 Å². The van der Waals surface area contributed by atoms with Crippen molar-refractivity contribution in [3.05, 3.63) is 11.6 Å². The van der Waals surface area contributed by atoms with Crippen LogP contribution in [0.5, 0.6) is 0 Å². The quantitative estimate of drug-likeness (QED) is 0.256. The standard InChI is InChI=1S/C17H23NO4/c1-20-14-4-3-13-6-9-18(10-7-15-12-22-15)17(13,11-14)8-5-16(19)21-2/h3,14-15H,4,6-7,9-12H2,1-2H3/t14-,15+,17-/m0/s1. The van der Waals surface area contributed by atoms with Crippen LogP contribution >= 0.6 is 0 Å². The van der Waals surface area contributed by atoms with Gasteiger partial charge in [-0.25, -0.2) is 4.79 Å². The van der Waals surface area contributed by atoms with Crippen molar-refractivity contribution in [3.8, 4) is 11.8 Å². The Labute approximate surface area is 131 Å². The van der Waals surface area contributed by atoms with Crippen LogP contribution in [0.25, 0.3) is 0 Å². The Kier molecular flexibility index (Phi) is 4.53. The number of hydrogen-bond acceptors (Lipinski definition) is 5. The first-order valence-electron chi connectivity index (χ1n) is 7.88. The zero-order valence-electron chi connectivity index (χ0n) is 13.3. The molecule has 0 N–H and O–H groups in total. The van der Waals surface area contributed by atoms with E-state index in [1.165, 1.54) is 12.7 Å². The van der Waals surface area contributed by atoms with Crippen LogP contribution in [0.2, 0.25) is 0 Å². The van der Waals surface area contributed by atoms with Crippen molar-refractivity contribution in [1.29, 1.82) is 0 Å². The molecule has 2 saturated heterocycles. The molecule has 120 valence electrons. The summed E-state index contributed by atoms with van der Waals surface area (Å²) in [5, 5.41) is 0. The number of ether oxygens (including phenoxy) is 3. The van der Waals surface area contributed by atoms with Crippen molar-refractivity contribution in [2.24, 2.45) is 0 Å². The minimum absolute atomic E-state index is 0.147. The number of likely N-dealkylation sites (tertiary alicyclic amines) is 1. The molecule has 1 aliphatic carbocycles. The van der Waals surface area contributed by atoms with Gasteiger partial charge in [-0.1, -0.05) is 12.0 Å². The summed E-state index contributed by atoms with van der Waals surface area (Å²) in [5.41, 5.74) is 0.955. The number of carbonyl (C=O) groups is 1. The third-order valence-electron chi connectivity index (χ3n) is 4.89. The summed E-state index contributed by atoms with van der Waals surface area (Å²) in [7, 11) is 3.10. The second-order valence-corrected chi connectivity index (χ2v) is 6.11. The van der Waals surface area contributed by atoms with Crippen molar-refractivity contribution in [1.82, 2.24) is 4.90 Å². The number of methoxy groups -OCH3 is 2. The van der Waals surface area contributed by atoms with Gasteiger partial charge in [-0.3, -0.25) is 4.90 Å². The van der Waals surface area contributed by atoms with Gasteiger partial charge < -0.3 is 14.2 Å². The Morgan fingerprint density at radius 3 is 3.05 bits per heavy atom. The summed E-state index contributed by atoms with van der Waals surface area (Å²) in [6.07, 6.45) is 6.56.